The Morgan fingerprint density at radius 3 is 2.58 bits per heavy atom. The molecule has 0 unspecified atom stereocenters. The molecule has 4 rings (SSSR count). The van der Waals surface area contributed by atoms with Crippen molar-refractivity contribution in [3.63, 3.8) is 0 Å². The molecule has 0 saturated carbocycles. The Bertz CT molecular complexity index is 1220. The van der Waals surface area contributed by atoms with Gasteiger partial charge in [0, 0.05) is 16.5 Å². The molecule has 2 amide bonds. The molecule has 2 N–H and O–H groups in total. The van der Waals surface area contributed by atoms with E-state index in [2.05, 4.69) is 20.6 Å². The second-order valence-corrected chi connectivity index (χ2v) is 8.72. The zero-order valence-corrected chi connectivity index (χ0v) is 18.4. The van der Waals surface area contributed by atoms with Crippen LogP contribution in [0.3, 0.4) is 0 Å². The number of nitrogens with zero attached hydrogens (tertiary/aromatic N) is 2. The van der Waals surface area contributed by atoms with Gasteiger partial charge >= 0.3 is 0 Å². The summed E-state index contributed by atoms with van der Waals surface area (Å²) in [5.74, 6) is -0.0799. The molecule has 0 aliphatic heterocycles. The number of para-hydroxylation sites is 2. The van der Waals surface area contributed by atoms with Crippen molar-refractivity contribution < 1.29 is 9.59 Å². The first-order chi connectivity index (χ1) is 15.1. The molecule has 6 nitrogen and oxygen atoms in total. The van der Waals surface area contributed by atoms with Gasteiger partial charge in [-0.1, -0.05) is 48.2 Å². The van der Waals surface area contributed by atoms with Gasteiger partial charge in [-0.2, -0.15) is 0 Å². The summed E-state index contributed by atoms with van der Waals surface area (Å²) in [5, 5.41) is 9.80. The Morgan fingerprint density at radius 2 is 1.74 bits per heavy atom. The monoisotopic (exact) mass is 448 g/mol. The number of fused-ring (bicyclic) bond motifs is 1. The molecule has 0 aliphatic carbocycles. The third-order valence-corrected chi connectivity index (χ3v) is 6.17. The Kier molecular flexibility index (Phi) is 6.59. The van der Waals surface area contributed by atoms with E-state index in [0.717, 1.165) is 27.2 Å². The van der Waals surface area contributed by atoms with Crippen LogP contribution in [0.1, 0.15) is 11.3 Å². The van der Waals surface area contributed by atoms with Gasteiger partial charge in [0.15, 0.2) is 5.13 Å². The summed E-state index contributed by atoms with van der Waals surface area (Å²) >= 11 is 2.69. The quantitative estimate of drug-likeness (QED) is 0.393. The fourth-order valence-electron chi connectivity index (χ4n) is 3.02. The van der Waals surface area contributed by atoms with Crippen molar-refractivity contribution in [3.05, 3.63) is 77.3 Å². The van der Waals surface area contributed by atoms with Crippen LogP contribution in [0.4, 0.5) is 10.8 Å². The molecule has 0 atom stereocenters. The number of amides is 2. The Morgan fingerprint density at radius 1 is 0.968 bits per heavy atom. The highest BCUT2D eigenvalue weighted by atomic mass is 32.2. The van der Waals surface area contributed by atoms with Crippen molar-refractivity contribution >= 4 is 56.6 Å². The topological polar surface area (TPSA) is 84.0 Å². The highest BCUT2D eigenvalue weighted by molar-refractivity contribution is 7.99. The minimum atomic E-state index is -0.160. The van der Waals surface area contributed by atoms with Crippen molar-refractivity contribution in [2.75, 3.05) is 16.4 Å². The smallest absolute Gasteiger partial charge is 0.236 e. The number of benzene rings is 2. The largest absolute Gasteiger partial charge is 0.326 e. The van der Waals surface area contributed by atoms with Crippen LogP contribution in [-0.4, -0.2) is 27.5 Å². The van der Waals surface area contributed by atoms with E-state index in [9.17, 15) is 9.59 Å². The lowest BCUT2D eigenvalue weighted by Gasteiger charge is -2.06. The van der Waals surface area contributed by atoms with Crippen LogP contribution >= 0.6 is 23.1 Å². The number of hydrogen-bond donors (Lipinski definition) is 2. The fraction of sp³-hybridized carbons (Fsp3) is 0.130. The number of carbonyl (C=O) groups excluding carboxylic acids is 2. The Hall–Kier alpha value is -3.23. The number of anilines is 2. The third kappa shape index (κ3) is 5.68. The summed E-state index contributed by atoms with van der Waals surface area (Å²) in [5.41, 5.74) is 3.41. The summed E-state index contributed by atoms with van der Waals surface area (Å²) in [6.07, 6.45) is 0.149. The molecule has 0 fully saturated rings. The number of hydrogen-bond acceptors (Lipinski definition) is 6. The predicted molar refractivity (Wildman–Crippen MR) is 127 cm³/mol. The third-order valence-electron chi connectivity index (χ3n) is 4.45. The van der Waals surface area contributed by atoms with Gasteiger partial charge in [0.2, 0.25) is 11.8 Å². The van der Waals surface area contributed by atoms with Crippen LogP contribution in [0.5, 0.6) is 0 Å². The first-order valence-electron chi connectivity index (χ1n) is 9.65. The predicted octanol–water partition coefficient (Wildman–Crippen LogP) is 4.91. The second kappa shape index (κ2) is 9.72. The molecule has 2 aromatic heterocycles. The van der Waals surface area contributed by atoms with Gasteiger partial charge in [-0.25, -0.2) is 9.97 Å². The average Bonchev–Trinajstić information content (AvgIpc) is 3.19. The van der Waals surface area contributed by atoms with Crippen molar-refractivity contribution in [1.82, 2.24) is 9.97 Å². The van der Waals surface area contributed by atoms with Gasteiger partial charge in [0.05, 0.1) is 28.4 Å². The van der Waals surface area contributed by atoms with Crippen molar-refractivity contribution in [2.24, 2.45) is 0 Å². The lowest BCUT2D eigenvalue weighted by molar-refractivity contribution is -0.115. The normalized spacial score (nSPS) is 10.7. The van der Waals surface area contributed by atoms with E-state index >= 15 is 0 Å². The number of thioether (sulfide) groups is 1. The number of aromatic nitrogens is 2. The second-order valence-electron chi connectivity index (χ2n) is 6.87. The lowest BCUT2D eigenvalue weighted by Crippen LogP contribution is -2.15. The molecule has 0 spiro atoms. The van der Waals surface area contributed by atoms with Crippen LogP contribution < -0.4 is 10.6 Å². The lowest BCUT2D eigenvalue weighted by atomic mass is 10.1. The standard InChI is InChI=1S/C23H20N4O2S2/c1-15-11-22(26-19-10-6-5-9-18(15)19)30-14-21(29)27-23-25-17(13-31-23)12-20(28)24-16-7-3-2-4-8-16/h2-11,13H,12,14H2,1H3,(H,24,28)(H,25,27,29). The van der Waals surface area contributed by atoms with Gasteiger partial charge < -0.3 is 10.6 Å². The van der Waals surface area contributed by atoms with Gasteiger partial charge in [0.1, 0.15) is 0 Å². The highest BCUT2D eigenvalue weighted by Gasteiger charge is 2.11. The highest BCUT2D eigenvalue weighted by Crippen LogP contribution is 2.24. The van der Waals surface area contributed by atoms with E-state index < -0.39 is 0 Å². The van der Waals surface area contributed by atoms with Crippen LogP contribution in [0.2, 0.25) is 0 Å². The van der Waals surface area contributed by atoms with Crippen molar-refractivity contribution in [3.8, 4) is 0 Å². The van der Waals surface area contributed by atoms with E-state index in [1.807, 2.05) is 67.6 Å². The molecule has 0 bridgehead atoms. The van der Waals surface area contributed by atoms with E-state index in [4.69, 9.17) is 0 Å². The maximum absolute atomic E-state index is 12.3. The number of pyridine rings is 1. The zero-order chi connectivity index (χ0) is 21.6. The molecular weight excluding hydrogens is 428 g/mol. The minimum absolute atomic E-state index is 0.149. The summed E-state index contributed by atoms with van der Waals surface area (Å²) in [7, 11) is 0. The number of rotatable bonds is 7. The fourth-order valence-corrected chi connectivity index (χ4v) is 4.52. The number of thiazole rings is 1. The Labute approximate surface area is 188 Å². The molecular formula is C23H20N4O2S2. The summed E-state index contributed by atoms with van der Waals surface area (Å²) in [6.45, 7) is 2.04. The maximum Gasteiger partial charge on any atom is 0.236 e. The number of nitrogens with one attached hydrogen (secondary N) is 2. The number of aryl methyl sites for hydroxylation is 1. The molecule has 31 heavy (non-hydrogen) atoms. The molecule has 0 aliphatic rings. The SMILES string of the molecule is Cc1cc(SCC(=O)Nc2nc(CC(=O)Nc3ccccc3)cs2)nc2ccccc12. The maximum atomic E-state index is 12.3. The summed E-state index contributed by atoms with van der Waals surface area (Å²) in [6, 6.07) is 19.2. The first kappa shape index (κ1) is 21.0. The number of carbonyl (C=O) groups is 2. The molecule has 2 aromatic carbocycles. The van der Waals surface area contributed by atoms with Crippen LogP contribution in [0.25, 0.3) is 10.9 Å². The van der Waals surface area contributed by atoms with Crippen LogP contribution in [-0.2, 0) is 16.0 Å². The first-order valence-corrected chi connectivity index (χ1v) is 11.5. The zero-order valence-electron chi connectivity index (χ0n) is 16.8. The van der Waals surface area contributed by atoms with E-state index in [1.54, 1.807) is 5.38 Å². The molecule has 0 radical (unpaired) electrons. The molecule has 2 heterocycles. The minimum Gasteiger partial charge on any atom is -0.326 e. The van der Waals surface area contributed by atoms with Crippen molar-refractivity contribution in [1.29, 1.82) is 0 Å². The van der Waals surface area contributed by atoms with Crippen LogP contribution in [0, 0.1) is 6.92 Å². The molecule has 4 aromatic rings. The van der Waals surface area contributed by atoms with Gasteiger partial charge in [-0.15, -0.1) is 11.3 Å². The average molecular weight is 449 g/mol. The van der Waals surface area contributed by atoms with Crippen LogP contribution in [0.15, 0.2) is 71.1 Å². The molecule has 8 heteroatoms. The van der Waals surface area contributed by atoms with Gasteiger partial charge in [0.25, 0.3) is 0 Å². The summed E-state index contributed by atoms with van der Waals surface area (Å²) in [4.78, 5) is 33.4. The van der Waals surface area contributed by atoms with E-state index in [0.29, 0.717) is 10.8 Å². The van der Waals surface area contributed by atoms with Gasteiger partial charge in [-0.05, 0) is 36.8 Å². The molecule has 0 saturated heterocycles. The Balaban J connectivity index is 1.29. The van der Waals surface area contributed by atoms with Crippen molar-refractivity contribution in [2.45, 2.75) is 18.4 Å². The molecule has 156 valence electrons. The van der Waals surface area contributed by atoms with E-state index in [1.165, 1.54) is 23.1 Å². The summed E-state index contributed by atoms with van der Waals surface area (Å²) < 4.78 is 0. The van der Waals surface area contributed by atoms with Gasteiger partial charge in [-0.3, -0.25) is 9.59 Å². The van der Waals surface area contributed by atoms with E-state index in [-0.39, 0.29) is 24.0 Å².